The Morgan fingerprint density at radius 3 is 1.05 bits per heavy atom. The average Bonchev–Trinajstić information content (AvgIpc) is 3.26. The number of carbonyl (C=O) groups excluding carboxylic acids is 3. The van der Waals surface area contributed by atoms with Gasteiger partial charge in [0.25, 0.3) is 0 Å². The van der Waals surface area contributed by atoms with Crippen molar-refractivity contribution >= 4 is 17.9 Å². The molecule has 1 atom stereocenters. The second-order valence-electron chi connectivity index (χ2n) is 17.4. The zero-order valence-corrected chi connectivity index (χ0v) is 40.4. The zero-order chi connectivity index (χ0) is 44.4. The number of hydrogen-bond acceptors (Lipinski definition) is 6. The third kappa shape index (κ3) is 48.3. The summed E-state index contributed by atoms with van der Waals surface area (Å²) in [6.45, 7) is 6.49. The number of hydrogen-bond donors (Lipinski definition) is 0. The van der Waals surface area contributed by atoms with Crippen molar-refractivity contribution in [3.63, 3.8) is 0 Å². The van der Waals surface area contributed by atoms with Gasteiger partial charge in [0.15, 0.2) is 6.10 Å². The van der Waals surface area contributed by atoms with Crippen molar-refractivity contribution in [3.8, 4) is 0 Å². The Morgan fingerprint density at radius 1 is 0.344 bits per heavy atom. The molecule has 61 heavy (non-hydrogen) atoms. The molecule has 0 aromatic rings. The highest BCUT2D eigenvalue weighted by Gasteiger charge is 2.19. The first-order valence-electron chi connectivity index (χ1n) is 26.1. The van der Waals surface area contributed by atoms with E-state index in [-0.39, 0.29) is 31.1 Å². The average molecular weight is 855 g/mol. The maximum atomic E-state index is 12.8. The molecule has 0 spiro atoms. The van der Waals surface area contributed by atoms with Crippen LogP contribution in [-0.4, -0.2) is 37.2 Å². The monoisotopic (exact) mass is 855 g/mol. The molecular weight excluding hydrogens is 757 g/mol. The van der Waals surface area contributed by atoms with Crippen LogP contribution in [0, 0.1) is 0 Å². The van der Waals surface area contributed by atoms with Crippen LogP contribution >= 0.6 is 0 Å². The molecule has 0 amide bonds. The van der Waals surface area contributed by atoms with Crippen LogP contribution in [0.5, 0.6) is 0 Å². The van der Waals surface area contributed by atoms with E-state index in [4.69, 9.17) is 14.2 Å². The normalized spacial score (nSPS) is 12.4. The van der Waals surface area contributed by atoms with Crippen molar-refractivity contribution in [2.45, 2.75) is 271 Å². The van der Waals surface area contributed by atoms with Gasteiger partial charge >= 0.3 is 17.9 Å². The van der Waals surface area contributed by atoms with Crippen LogP contribution in [0.4, 0.5) is 0 Å². The molecule has 0 heterocycles. The van der Waals surface area contributed by atoms with Gasteiger partial charge in [0.05, 0.1) is 0 Å². The molecule has 0 aliphatic carbocycles. The number of rotatable bonds is 47. The molecule has 0 bridgehead atoms. The van der Waals surface area contributed by atoms with E-state index >= 15 is 0 Å². The quantitative estimate of drug-likeness (QED) is 0.0263. The lowest BCUT2D eigenvalue weighted by Gasteiger charge is -2.18. The maximum absolute atomic E-state index is 12.8. The Morgan fingerprint density at radius 2 is 0.639 bits per heavy atom. The van der Waals surface area contributed by atoms with Crippen LogP contribution in [0.2, 0.25) is 0 Å². The fraction of sp³-hybridized carbons (Fsp3) is 0.800. The third-order valence-corrected chi connectivity index (χ3v) is 11.3. The van der Waals surface area contributed by atoms with Gasteiger partial charge in [-0.15, -0.1) is 0 Å². The summed E-state index contributed by atoms with van der Waals surface area (Å²) >= 11 is 0. The van der Waals surface area contributed by atoms with E-state index in [1.54, 1.807) is 0 Å². The summed E-state index contributed by atoms with van der Waals surface area (Å²) < 4.78 is 16.8. The number of unbranched alkanes of at least 4 members (excludes halogenated alkanes) is 28. The summed E-state index contributed by atoms with van der Waals surface area (Å²) in [6.07, 6.45) is 59.5. The molecule has 0 aromatic heterocycles. The van der Waals surface area contributed by atoms with Gasteiger partial charge in [0.1, 0.15) is 13.2 Å². The van der Waals surface area contributed by atoms with Crippen LogP contribution in [0.15, 0.2) is 48.6 Å². The van der Waals surface area contributed by atoms with Gasteiger partial charge in [-0.25, -0.2) is 0 Å². The predicted octanol–water partition coefficient (Wildman–Crippen LogP) is 17.1. The van der Waals surface area contributed by atoms with Gasteiger partial charge < -0.3 is 14.2 Å². The summed E-state index contributed by atoms with van der Waals surface area (Å²) in [4.78, 5) is 37.9. The zero-order valence-electron chi connectivity index (χ0n) is 40.4. The Bertz CT molecular complexity index is 1070. The minimum absolute atomic E-state index is 0.0852. The topological polar surface area (TPSA) is 78.9 Å². The van der Waals surface area contributed by atoms with Crippen LogP contribution in [0.1, 0.15) is 265 Å². The second-order valence-corrected chi connectivity index (χ2v) is 17.4. The van der Waals surface area contributed by atoms with Crippen molar-refractivity contribution < 1.29 is 28.6 Å². The van der Waals surface area contributed by atoms with Crippen LogP contribution in [-0.2, 0) is 28.6 Å². The predicted molar refractivity (Wildman–Crippen MR) is 261 cm³/mol. The summed E-state index contributed by atoms with van der Waals surface area (Å²) in [5.41, 5.74) is 0. The minimum Gasteiger partial charge on any atom is -0.462 e. The van der Waals surface area contributed by atoms with Gasteiger partial charge in [-0.05, 0) is 77.0 Å². The van der Waals surface area contributed by atoms with Crippen LogP contribution < -0.4 is 0 Å². The lowest BCUT2D eigenvalue weighted by molar-refractivity contribution is -0.167. The summed E-state index contributed by atoms with van der Waals surface area (Å²) in [5, 5.41) is 0. The lowest BCUT2D eigenvalue weighted by atomic mass is 10.0. The van der Waals surface area contributed by atoms with Crippen molar-refractivity contribution in [1.29, 1.82) is 0 Å². The van der Waals surface area contributed by atoms with Gasteiger partial charge in [-0.2, -0.15) is 0 Å². The largest absolute Gasteiger partial charge is 0.462 e. The molecule has 6 nitrogen and oxygen atoms in total. The smallest absolute Gasteiger partial charge is 0.306 e. The number of esters is 3. The van der Waals surface area contributed by atoms with E-state index in [9.17, 15) is 14.4 Å². The SMILES string of the molecule is CC/C=C\C/C=C\C/C=C\CCCCCC(=O)OC(COC(=O)CCCCCCC/C=C\CCCCCC)COC(=O)CCCCCCCCCCCCCCCCCCC. The number of carbonyl (C=O) groups is 3. The Labute approximate surface area is 378 Å². The van der Waals surface area contributed by atoms with E-state index in [0.29, 0.717) is 19.3 Å². The van der Waals surface area contributed by atoms with Crippen molar-refractivity contribution in [2.75, 3.05) is 13.2 Å². The standard InChI is InChI=1S/C55H98O6/c1-4-7-10-13-16-19-22-25-26-27-28-31-33-36-39-42-45-48-54(57)60-51-52(61-55(58)49-46-43-40-37-34-30-24-21-18-15-12-9-6-3)50-59-53(56)47-44-41-38-35-32-29-23-20-17-14-11-8-5-2/h9,12,18,20-21,23,30,34,52H,4-8,10-11,13-17,19,22,24-29,31-33,35-51H2,1-3H3/b12-9-,21-18-,23-20-,34-30-. The molecule has 0 radical (unpaired) electrons. The van der Waals surface area contributed by atoms with E-state index in [1.165, 1.54) is 135 Å². The second kappa shape index (κ2) is 50.0. The lowest BCUT2D eigenvalue weighted by Crippen LogP contribution is -2.30. The molecule has 0 aliphatic heterocycles. The van der Waals surface area contributed by atoms with Crippen LogP contribution in [0.25, 0.3) is 0 Å². The molecule has 1 unspecified atom stereocenters. The van der Waals surface area contributed by atoms with Crippen LogP contribution in [0.3, 0.4) is 0 Å². The summed E-state index contributed by atoms with van der Waals surface area (Å²) in [7, 11) is 0. The molecule has 0 saturated carbocycles. The molecular formula is C55H98O6. The highest BCUT2D eigenvalue weighted by atomic mass is 16.6. The molecule has 6 heteroatoms. The molecule has 0 N–H and O–H groups in total. The first-order valence-corrected chi connectivity index (χ1v) is 26.1. The van der Waals surface area contributed by atoms with E-state index in [2.05, 4.69) is 69.4 Å². The van der Waals surface area contributed by atoms with E-state index < -0.39 is 6.10 Å². The summed E-state index contributed by atoms with van der Waals surface area (Å²) in [5.74, 6) is -0.916. The molecule has 0 fully saturated rings. The maximum Gasteiger partial charge on any atom is 0.306 e. The fourth-order valence-corrected chi connectivity index (χ4v) is 7.39. The van der Waals surface area contributed by atoms with Gasteiger partial charge in [-0.1, -0.05) is 217 Å². The Kier molecular flexibility index (Phi) is 47.9. The van der Waals surface area contributed by atoms with Crippen molar-refractivity contribution in [3.05, 3.63) is 48.6 Å². The number of allylic oxidation sites excluding steroid dienone is 8. The van der Waals surface area contributed by atoms with Gasteiger partial charge in [0.2, 0.25) is 0 Å². The summed E-state index contributed by atoms with van der Waals surface area (Å²) in [6, 6.07) is 0. The van der Waals surface area contributed by atoms with Crippen molar-refractivity contribution in [1.82, 2.24) is 0 Å². The van der Waals surface area contributed by atoms with E-state index in [0.717, 1.165) is 89.9 Å². The Balaban J connectivity index is 4.37. The first kappa shape index (κ1) is 58.4. The third-order valence-electron chi connectivity index (χ3n) is 11.3. The minimum atomic E-state index is -0.788. The van der Waals surface area contributed by atoms with Crippen molar-refractivity contribution in [2.24, 2.45) is 0 Å². The molecule has 0 aromatic carbocycles. The van der Waals surface area contributed by atoms with Gasteiger partial charge in [0, 0.05) is 19.3 Å². The molecule has 354 valence electrons. The van der Waals surface area contributed by atoms with Gasteiger partial charge in [-0.3, -0.25) is 14.4 Å². The Hall–Kier alpha value is -2.63. The number of ether oxygens (including phenoxy) is 3. The highest BCUT2D eigenvalue weighted by molar-refractivity contribution is 5.71. The highest BCUT2D eigenvalue weighted by Crippen LogP contribution is 2.16. The van der Waals surface area contributed by atoms with E-state index in [1.807, 2.05) is 0 Å². The first-order chi connectivity index (χ1) is 30.0. The molecule has 0 saturated heterocycles. The fourth-order valence-electron chi connectivity index (χ4n) is 7.39. The molecule has 0 rings (SSSR count). The molecule has 0 aliphatic rings.